The summed E-state index contributed by atoms with van der Waals surface area (Å²) < 4.78 is 0. The Morgan fingerprint density at radius 2 is 1.52 bits per heavy atom. The van der Waals surface area contributed by atoms with Crippen molar-refractivity contribution in [2.75, 3.05) is 0 Å². The maximum Gasteiger partial charge on any atom is 0.0701 e. The maximum atomic E-state index is 6.26. The molecule has 3 rings (SSSR count). The van der Waals surface area contributed by atoms with E-state index in [0.29, 0.717) is 0 Å². The number of nitrogens with two attached hydrogens (primary N) is 1. The van der Waals surface area contributed by atoms with E-state index in [1.54, 1.807) is 0 Å². The standard InChI is InChI=1S/C19H18N2/c20-18(16-6-2-1-3-7-16)14-15-9-11-17(12-10-15)19-8-4-5-13-21-19/h1-13,18H,14,20H2. The van der Waals surface area contributed by atoms with Crippen LogP contribution in [0.25, 0.3) is 11.3 Å². The summed E-state index contributed by atoms with van der Waals surface area (Å²) in [5.74, 6) is 0. The number of hydrogen-bond donors (Lipinski definition) is 1. The molecule has 0 aliphatic carbocycles. The zero-order valence-electron chi connectivity index (χ0n) is 11.8. The van der Waals surface area contributed by atoms with Crippen molar-refractivity contribution < 1.29 is 0 Å². The summed E-state index contributed by atoms with van der Waals surface area (Å²) in [5.41, 5.74) is 10.8. The van der Waals surface area contributed by atoms with Crippen molar-refractivity contribution >= 4 is 0 Å². The molecule has 1 heterocycles. The summed E-state index contributed by atoms with van der Waals surface area (Å²) >= 11 is 0. The molecule has 1 aromatic heterocycles. The van der Waals surface area contributed by atoms with E-state index >= 15 is 0 Å². The van der Waals surface area contributed by atoms with E-state index in [4.69, 9.17) is 5.73 Å². The first-order valence-electron chi connectivity index (χ1n) is 7.14. The van der Waals surface area contributed by atoms with Gasteiger partial charge in [0.1, 0.15) is 0 Å². The summed E-state index contributed by atoms with van der Waals surface area (Å²) in [6.45, 7) is 0. The smallest absolute Gasteiger partial charge is 0.0701 e. The van der Waals surface area contributed by atoms with Gasteiger partial charge in [0.05, 0.1) is 5.69 Å². The Bertz CT molecular complexity index is 676. The average molecular weight is 274 g/mol. The quantitative estimate of drug-likeness (QED) is 0.781. The van der Waals surface area contributed by atoms with E-state index < -0.39 is 0 Å². The van der Waals surface area contributed by atoms with Gasteiger partial charge >= 0.3 is 0 Å². The second-order valence-corrected chi connectivity index (χ2v) is 5.13. The van der Waals surface area contributed by atoms with E-state index in [9.17, 15) is 0 Å². The lowest BCUT2D eigenvalue weighted by atomic mass is 9.98. The minimum Gasteiger partial charge on any atom is -0.324 e. The molecule has 2 aromatic carbocycles. The highest BCUT2D eigenvalue weighted by Gasteiger charge is 2.07. The highest BCUT2D eigenvalue weighted by Crippen LogP contribution is 2.20. The lowest BCUT2D eigenvalue weighted by Crippen LogP contribution is -2.13. The number of benzene rings is 2. The van der Waals surface area contributed by atoms with Gasteiger partial charge in [0, 0.05) is 17.8 Å². The predicted molar refractivity (Wildman–Crippen MR) is 86.7 cm³/mol. The fourth-order valence-electron chi connectivity index (χ4n) is 2.42. The zero-order valence-corrected chi connectivity index (χ0v) is 11.8. The number of rotatable bonds is 4. The van der Waals surface area contributed by atoms with Gasteiger partial charge in [-0.2, -0.15) is 0 Å². The summed E-state index contributed by atoms with van der Waals surface area (Å²) in [5, 5.41) is 0. The molecule has 21 heavy (non-hydrogen) atoms. The van der Waals surface area contributed by atoms with Crippen LogP contribution >= 0.6 is 0 Å². The van der Waals surface area contributed by atoms with Gasteiger partial charge in [-0.15, -0.1) is 0 Å². The highest BCUT2D eigenvalue weighted by atomic mass is 14.7. The largest absolute Gasteiger partial charge is 0.324 e. The fraction of sp³-hybridized carbons (Fsp3) is 0.105. The molecule has 0 amide bonds. The minimum atomic E-state index is 0.0342. The lowest BCUT2D eigenvalue weighted by molar-refractivity contribution is 0.722. The molecule has 0 spiro atoms. The maximum absolute atomic E-state index is 6.26. The second-order valence-electron chi connectivity index (χ2n) is 5.13. The van der Waals surface area contributed by atoms with Crippen LogP contribution in [0, 0.1) is 0 Å². The molecule has 104 valence electrons. The van der Waals surface area contributed by atoms with Crippen molar-refractivity contribution in [3.05, 3.63) is 90.1 Å². The Morgan fingerprint density at radius 1 is 0.810 bits per heavy atom. The number of hydrogen-bond acceptors (Lipinski definition) is 2. The molecule has 2 nitrogen and oxygen atoms in total. The Kier molecular flexibility index (Phi) is 4.08. The first-order valence-corrected chi connectivity index (χ1v) is 7.14. The first kappa shape index (κ1) is 13.5. The van der Waals surface area contributed by atoms with Gasteiger partial charge in [0.15, 0.2) is 0 Å². The number of pyridine rings is 1. The summed E-state index contributed by atoms with van der Waals surface area (Å²) in [4.78, 5) is 4.36. The fourth-order valence-corrected chi connectivity index (χ4v) is 2.42. The van der Waals surface area contributed by atoms with Crippen LogP contribution < -0.4 is 5.73 Å². The molecule has 2 heteroatoms. The highest BCUT2D eigenvalue weighted by molar-refractivity contribution is 5.59. The van der Waals surface area contributed by atoms with Crippen LogP contribution in [0.1, 0.15) is 17.2 Å². The summed E-state index contributed by atoms with van der Waals surface area (Å²) in [7, 11) is 0. The van der Waals surface area contributed by atoms with Crippen molar-refractivity contribution in [1.82, 2.24) is 4.98 Å². The molecular weight excluding hydrogens is 256 g/mol. The molecular formula is C19H18N2. The van der Waals surface area contributed by atoms with Crippen LogP contribution in [0.3, 0.4) is 0 Å². The molecule has 3 aromatic rings. The second kappa shape index (κ2) is 6.33. The van der Waals surface area contributed by atoms with Crippen LogP contribution in [-0.4, -0.2) is 4.98 Å². The van der Waals surface area contributed by atoms with Gasteiger partial charge in [-0.3, -0.25) is 4.98 Å². The molecule has 0 aliphatic rings. The first-order chi connectivity index (χ1) is 10.3. The van der Waals surface area contributed by atoms with Crippen molar-refractivity contribution in [1.29, 1.82) is 0 Å². The molecule has 0 bridgehead atoms. The number of aromatic nitrogens is 1. The van der Waals surface area contributed by atoms with Gasteiger partial charge < -0.3 is 5.73 Å². The third-order valence-electron chi connectivity index (χ3n) is 3.60. The van der Waals surface area contributed by atoms with E-state index in [0.717, 1.165) is 17.7 Å². The third kappa shape index (κ3) is 3.36. The van der Waals surface area contributed by atoms with Gasteiger partial charge in [0.2, 0.25) is 0 Å². The molecule has 0 saturated heterocycles. The Balaban J connectivity index is 1.73. The van der Waals surface area contributed by atoms with Gasteiger partial charge in [-0.1, -0.05) is 60.7 Å². The lowest BCUT2D eigenvalue weighted by Gasteiger charge is -2.12. The number of nitrogens with zero attached hydrogens (tertiary/aromatic N) is 1. The van der Waals surface area contributed by atoms with E-state index in [-0.39, 0.29) is 6.04 Å². The monoisotopic (exact) mass is 274 g/mol. The van der Waals surface area contributed by atoms with Crippen LogP contribution in [0.4, 0.5) is 0 Å². The van der Waals surface area contributed by atoms with Crippen LogP contribution in [0.5, 0.6) is 0 Å². The average Bonchev–Trinajstić information content (AvgIpc) is 2.57. The van der Waals surface area contributed by atoms with Gasteiger partial charge in [-0.05, 0) is 29.7 Å². The topological polar surface area (TPSA) is 38.9 Å². The Hall–Kier alpha value is -2.45. The molecule has 0 saturated carbocycles. The van der Waals surface area contributed by atoms with E-state index in [2.05, 4.69) is 41.4 Å². The van der Waals surface area contributed by atoms with Crippen molar-refractivity contribution in [3.8, 4) is 11.3 Å². The normalized spacial score (nSPS) is 12.0. The molecule has 0 fully saturated rings. The predicted octanol–water partition coefficient (Wildman–Crippen LogP) is 3.99. The van der Waals surface area contributed by atoms with Crippen molar-refractivity contribution in [2.24, 2.45) is 5.73 Å². The molecule has 0 aliphatic heterocycles. The van der Waals surface area contributed by atoms with Gasteiger partial charge in [0.25, 0.3) is 0 Å². The SMILES string of the molecule is NC(Cc1ccc(-c2ccccn2)cc1)c1ccccc1. The Labute approximate surface area is 125 Å². The molecule has 1 atom stereocenters. The Morgan fingerprint density at radius 3 is 2.19 bits per heavy atom. The van der Waals surface area contributed by atoms with E-state index in [1.807, 2.05) is 42.6 Å². The van der Waals surface area contributed by atoms with Crippen LogP contribution in [0.15, 0.2) is 79.0 Å². The van der Waals surface area contributed by atoms with Crippen LogP contribution in [-0.2, 0) is 6.42 Å². The zero-order chi connectivity index (χ0) is 14.5. The third-order valence-corrected chi connectivity index (χ3v) is 3.60. The van der Waals surface area contributed by atoms with Crippen molar-refractivity contribution in [3.63, 3.8) is 0 Å². The molecule has 1 unspecified atom stereocenters. The minimum absolute atomic E-state index is 0.0342. The van der Waals surface area contributed by atoms with Crippen molar-refractivity contribution in [2.45, 2.75) is 12.5 Å². The van der Waals surface area contributed by atoms with E-state index in [1.165, 1.54) is 11.1 Å². The molecule has 2 N–H and O–H groups in total. The summed E-state index contributed by atoms with van der Waals surface area (Å²) in [6.07, 6.45) is 2.65. The molecule has 0 radical (unpaired) electrons. The van der Waals surface area contributed by atoms with Gasteiger partial charge in [-0.25, -0.2) is 0 Å². The summed E-state index contributed by atoms with van der Waals surface area (Å²) in [6, 6.07) is 24.7. The van der Waals surface area contributed by atoms with Crippen LogP contribution in [0.2, 0.25) is 0 Å².